The number of nitrogens with zero attached hydrogens (tertiary/aromatic N) is 1. The number of benzene rings is 2. The van der Waals surface area contributed by atoms with E-state index in [1.807, 2.05) is 12.1 Å². The fraction of sp³-hybridized carbons (Fsp3) is 0.125. The van der Waals surface area contributed by atoms with Crippen molar-refractivity contribution >= 4 is 5.78 Å². The molecule has 0 aromatic heterocycles. The van der Waals surface area contributed by atoms with Crippen LogP contribution in [0.4, 0.5) is 0 Å². The fourth-order valence-corrected chi connectivity index (χ4v) is 1.88. The molecule has 2 rings (SSSR count). The smallest absolute Gasteiger partial charge is 0.166 e. The fourth-order valence-electron chi connectivity index (χ4n) is 1.88. The molecule has 0 saturated carbocycles. The second-order valence-corrected chi connectivity index (χ2v) is 4.14. The molecule has 0 atom stereocenters. The minimum absolute atomic E-state index is 0.0303. The van der Waals surface area contributed by atoms with E-state index in [1.165, 1.54) is 12.1 Å². The van der Waals surface area contributed by atoms with Crippen molar-refractivity contribution in [2.75, 3.05) is 0 Å². The zero-order chi connectivity index (χ0) is 13.7. The van der Waals surface area contributed by atoms with Crippen molar-refractivity contribution in [2.45, 2.75) is 12.8 Å². The molecule has 0 saturated heterocycles. The first-order chi connectivity index (χ1) is 9.22. The van der Waals surface area contributed by atoms with Gasteiger partial charge in [-0.05, 0) is 36.2 Å². The Morgan fingerprint density at radius 2 is 2.11 bits per heavy atom. The van der Waals surface area contributed by atoms with Crippen LogP contribution in [0.2, 0.25) is 0 Å². The standard InChI is InChI=1S/C16H12NO2/c17-11-13-6-2-1-5-12(13)9-10-16(19)14-7-3-4-8-15(14)18/h1-2,4-8,18H,9-10H2. The lowest BCUT2D eigenvalue weighted by Crippen LogP contribution is -2.02. The van der Waals surface area contributed by atoms with Crippen LogP contribution in [0.25, 0.3) is 0 Å². The molecule has 0 amide bonds. The molecule has 1 N–H and O–H groups in total. The SMILES string of the molecule is N#Cc1ccccc1CCC(=O)c1c[c]ccc1O. The molecule has 2 aromatic carbocycles. The van der Waals surface area contributed by atoms with Crippen LogP contribution in [0.15, 0.2) is 42.5 Å². The van der Waals surface area contributed by atoms with Crippen LogP contribution >= 0.6 is 0 Å². The molecule has 1 radical (unpaired) electrons. The molecule has 3 nitrogen and oxygen atoms in total. The molecule has 0 aliphatic heterocycles. The Kier molecular flexibility index (Phi) is 3.94. The van der Waals surface area contributed by atoms with Gasteiger partial charge in [-0.15, -0.1) is 0 Å². The number of aryl methyl sites for hydroxylation is 1. The molecular formula is C16H12NO2. The quantitative estimate of drug-likeness (QED) is 0.849. The first-order valence-corrected chi connectivity index (χ1v) is 5.92. The molecule has 19 heavy (non-hydrogen) atoms. The summed E-state index contributed by atoms with van der Waals surface area (Å²) in [4.78, 5) is 12.0. The maximum atomic E-state index is 12.0. The maximum Gasteiger partial charge on any atom is 0.166 e. The molecule has 0 aliphatic rings. The van der Waals surface area contributed by atoms with Gasteiger partial charge in [0.25, 0.3) is 0 Å². The molecule has 0 heterocycles. The molecule has 2 aromatic rings. The van der Waals surface area contributed by atoms with E-state index in [0.29, 0.717) is 12.0 Å². The number of Topliss-reactive ketones (excluding diaryl/α,β-unsaturated/α-hetero) is 1. The van der Waals surface area contributed by atoms with Gasteiger partial charge in [-0.1, -0.05) is 24.3 Å². The Balaban J connectivity index is 2.10. The van der Waals surface area contributed by atoms with Gasteiger partial charge in [-0.25, -0.2) is 0 Å². The third-order valence-corrected chi connectivity index (χ3v) is 2.90. The van der Waals surface area contributed by atoms with E-state index in [9.17, 15) is 9.90 Å². The summed E-state index contributed by atoms with van der Waals surface area (Å²) in [5, 5.41) is 18.6. The second-order valence-electron chi connectivity index (χ2n) is 4.14. The van der Waals surface area contributed by atoms with Gasteiger partial charge in [0.05, 0.1) is 17.2 Å². The van der Waals surface area contributed by atoms with Gasteiger partial charge in [-0.3, -0.25) is 4.79 Å². The van der Waals surface area contributed by atoms with Crippen LogP contribution in [0.5, 0.6) is 5.75 Å². The number of aromatic hydroxyl groups is 1. The van der Waals surface area contributed by atoms with Crippen molar-refractivity contribution in [3.05, 3.63) is 65.2 Å². The third-order valence-electron chi connectivity index (χ3n) is 2.90. The van der Waals surface area contributed by atoms with Crippen molar-refractivity contribution in [2.24, 2.45) is 0 Å². The highest BCUT2D eigenvalue weighted by Gasteiger charge is 2.11. The Bertz CT molecular complexity index is 641. The van der Waals surface area contributed by atoms with Crippen LogP contribution in [0.1, 0.15) is 27.9 Å². The normalized spacial score (nSPS) is 9.84. The lowest BCUT2D eigenvalue weighted by molar-refractivity contribution is 0.0980. The monoisotopic (exact) mass is 250 g/mol. The lowest BCUT2D eigenvalue weighted by atomic mass is 9.99. The van der Waals surface area contributed by atoms with E-state index in [-0.39, 0.29) is 23.5 Å². The second kappa shape index (κ2) is 5.83. The number of phenols is 1. The summed E-state index contributed by atoms with van der Waals surface area (Å²) in [6.07, 6.45) is 0.737. The number of nitriles is 1. The van der Waals surface area contributed by atoms with E-state index >= 15 is 0 Å². The van der Waals surface area contributed by atoms with Gasteiger partial charge in [-0.2, -0.15) is 5.26 Å². The summed E-state index contributed by atoms with van der Waals surface area (Å²) in [6, 6.07) is 16.5. The van der Waals surface area contributed by atoms with E-state index in [4.69, 9.17) is 5.26 Å². The lowest BCUT2D eigenvalue weighted by Gasteiger charge is -2.05. The van der Waals surface area contributed by atoms with E-state index < -0.39 is 0 Å². The number of carbonyl (C=O) groups is 1. The van der Waals surface area contributed by atoms with Crippen LogP contribution < -0.4 is 0 Å². The molecule has 0 fully saturated rings. The Morgan fingerprint density at radius 3 is 2.84 bits per heavy atom. The summed E-state index contributed by atoms with van der Waals surface area (Å²) in [5.74, 6) is -0.181. The largest absolute Gasteiger partial charge is 0.507 e. The van der Waals surface area contributed by atoms with E-state index in [2.05, 4.69) is 12.1 Å². The van der Waals surface area contributed by atoms with Crippen molar-refractivity contribution < 1.29 is 9.90 Å². The summed E-state index contributed by atoms with van der Waals surface area (Å²) in [7, 11) is 0. The number of phenolic OH excluding ortho intramolecular Hbond substituents is 1. The predicted octanol–water partition coefficient (Wildman–Crippen LogP) is 2.88. The summed E-state index contributed by atoms with van der Waals surface area (Å²) < 4.78 is 0. The molecular weight excluding hydrogens is 238 g/mol. The number of rotatable bonds is 4. The van der Waals surface area contributed by atoms with E-state index in [0.717, 1.165) is 5.56 Å². The first-order valence-electron chi connectivity index (χ1n) is 5.92. The zero-order valence-corrected chi connectivity index (χ0v) is 10.3. The van der Waals surface area contributed by atoms with Crippen LogP contribution in [-0.2, 0) is 6.42 Å². The molecule has 0 unspecified atom stereocenters. The van der Waals surface area contributed by atoms with Crippen molar-refractivity contribution in [1.29, 1.82) is 5.26 Å². The van der Waals surface area contributed by atoms with Gasteiger partial charge >= 0.3 is 0 Å². The Hall–Kier alpha value is -2.60. The summed E-state index contributed by atoms with van der Waals surface area (Å²) in [6.45, 7) is 0. The molecule has 0 spiro atoms. The average molecular weight is 250 g/mol. The number of carbonyl (C=O) groups excluding carboxylic acids is 1. The third kappa shape index (κ3) is 2.99. The molecule has 93 valence electrons. The van der Waals surface area contributed by atoms with Crippen LogP contribution in [0, 0.1) is 17.4 Å². The van der Waals surface area contributed by atoms with Gasteiger partial charge in [0.2, 0.25) is 0 Å². The highest BCUT2D eigenvalue weighted by molar-refractivity contribution is 5.98. The number of hydrogen-bond donors (Lipinski definition) is 1. The maximum absolute atomic E-state index is 12.0. The van der Waals surface area contributed by atoms with Gasteiger partial charge in [0.15, 0.2) is 5.78 Å². The highest BCUT2D eigenvalue weighted by Crippen LogP contribution is 2.19. The average Bonchev–Trinajstić information content (AvgIpc) is 2.45. The number of ketones is 1. The van der Waals surface area contributed by atoms with Gasteiger partial charge < -0.3 is 5.11 Å². The van der Waals surface area contributed by atoms with E-state index in [1.54, 1.807) is 18.2 Å². The minimum Gasteiger partial charge on any atom is -0.507 e. The van der Waals surface area contributed by atoms with Crippen LogP contribution in [0.3, 0.4) is 0 Å². The van der Waals surface area contributed by atoms with Crippen molar-refractivity contribution in [3.63, 3.8) is 0 Å². The van der Waals surface area contributed by atoms with Crippen molar-refractivity contribution in [1.82, 2.24) is 0 Å². The van der Waals surface area contributed by atoms with Gasteiger partial charge in [0, 0.05) is 6.42 Å². The van der Waals surface area contributed by atoms with Crippen molar-refractivity contribution in [3.8, 4) is 11.8 Å². The molecule has 0 aliphatic carbocycles. The topological polar surface area (TPSA) is 61.1 Å². The molecule has 3 heteroatoms. The highest BCUT2D eigenvalue weighted by atomic mass is 16.3. The first kappa shape index (κ1) is 12.8. The molecule has 0 bridgehead atoms. The Morgan fingerprint density at radius 1 is 1.32 bits per heavy atom. The minimum atomic E-state index is -0.151. The predicted molar refractivity (Wildman–Crippen MR) is 70.8 cm³/mol. The zero-order valence-electron chi connectivity index (χ0n) is 10.3. The number of hydrogen-bond acceptors (Lipinski definition) is 3. The Labute approximate surface area is 111 Å². The summed E-state index contributed by atoms with van der Waals surface area (Å²) >= 11 is 0. The van der Waals surface area contributed by atoms with Gasteiger partial charge in [0.1, 0.15) is 5.75 Å². The summed E-state index contributed by atoms with van der Waals surface area (Å²) in [5.41, 5.74) is 1.70. The van der Waals surface area contributed by atoms with Crippen LogP contribution in [-0.4, -0.2) is 10.9 Å².